The number of hydrogen-bond acceptors (Lipinski definition) is 9. The molecule has 2 aromatic heterocycles. The number of anilines is 1. The fraction of sp³-hybridized carbons (Fsp3) is 0.353. The molecule has 9 nitrogen and oxygen atoms in total. The van der Waals surface area contributed by atoms with Gasteiger partial charge in [-0.1, -0.05) is 29.5 Å². The van der Waals surface area contributed by atoms with E-state index in [4.69, 9.17) is 0 Å². The lowest BCUT2D eigenvalue weighted by Gasteiger charge is -2.25. The third-order valence-electron chi connectivity index (χ3n) is 4.21. The number of nitrogens with one attached hydrogen (secondary N) is 1. The number of hydrogen-bond donors (Lipinski definition) is 3. The van der Waals surface area contributed by atoms with Crippen LogP contribution in [0.3, 0.4) is 0 Å². The molecule has 0 saturated heterocycles. The van der Waals surface area contributed by atoms with Gasteiger partial charge in [0.05, 0.1) is 40.3 Å². The smallest absolute Gasteiger partial charge is 0.309 e. The molecule has 3 N–H and O–H groups in total. The Morgan fingerprint density at radius 2 is 1.89 bits per heavy atom. The Morgan fingerprint density at radius 3 is 2.54 bits per heavy atom. The molecule has 0 radical (unpaired) electrons. The quantitative estimate of drug-likeness (QED) is 0.475. The van der Waals surface area contributed by atoms with Crippen LogP contribution in [0, 0.1) is 0 Å². The van der Waals surface area contributed by atoms with E-state index in [0.717, 1.165) is 11.3 Å². The van der Waals surface area contributed by atoms with E-state index in [1.165, 1.54) is 22.9 Å². The first-order valence-corrected chi connectivity index (χ1v) is 10.9. The van der Waals surface area contributed by atoms with Crippen LogP contribution >= 0.6 is 11.3 Å². The topological polar surface area (TPSA) is 134 Å². The normalized spacial score (nSPS) is 12.4. The number of sulfone groups is 1. The minimum absolute atomic E-state index is 0.0518. The Kier molecular flexibility index (Phi) is 5.79. The molecule has 3 aromatic rings. The molecular weight excluding hydrogens is 404 g/mol. The maximum absolute atomic E-state index is 12.5. The van der Waals surface area contributed by atoms with Crippen LogP contribution in [0.2, 0.25) is 0 Å². The predicted molar refractivity (Wildman–Crippen MR) is 106 cm³/mol. The lowest BCUT2D eigenvalue weighted by atomic mass is 10.1. The molecule has 0 saturated carbocycles. The van der Waals surface area contributed by atoms with E-state index < -0.39 is 15.4 Å². The number of nitrogens with zero attached hydrogens (tertiary/aromatic N) is 3. The Balaban J connectivity index is 1.90. The molecule has 0 aliphatic rings. The van der Waals surface area contributed by atoms with Gasteiger partial charge in [-0.3, -0.25) is 9.36 Å². The molecule has 0 aliphatic carbocycles. The minimum atomic E-state index is -3.55. The van der Waals surface area contributed by atoms with E-state index in [1.807, 2.05) is 0 Å². The van der Waals surface area contributed by atoms with Crippen LogP contribution in [-0.4, -0.2) is 57.7 Å². The molecule has 2 heterocycles. The molecule has 11 heteroatoms. The van der Waals surface area contributed by atoms with Crippen molar-refractivity contribution in [3.05, 3.63) is 46.2 Å². The van der Waals surface area contributed by atoms with Crippen molar-refractivity contribution in [3.8, 4) is 0 Å². The van der Waals surface area contributed by atoms with Gasteiger partial charge in [-0.05, 0) is 19.1 Å². The predicted octanol–water partition coefficient (Wildman–Crippen LogP) is 0.482. The van der Waals surface area contributed by atoms with Crippen molar-refractivity contribution in [2.75, 3.05) is 24.3 Å². The Hall–Kier alpha value is -2.34. The standard InChI is InChI=1S/C17H20N4O5S2/c1-17(10-22,11-23)20-15-18-9-13-14(19-15)21(16(24)27-13)7-8-28(25,26)12-5-3-2-4-6-12/h2-6,9,22-23H,7-8,10-11H2,1H3,(H,18,19,20). The van der Waals surface area contributed by atoms with Crippen LogP contribution in [0.5, 0.6) is 0 Å². The summed E-state index contributed by atoms with van der Waals surface area (Å²) in [7, 11) is -3.55. The summed E-state index contributed by atoms with van der Waals surface area (Å²) in [5, 5.41) is 21.6. The molecule has 28 heavy (non-hydrogen) atoms. The van der Waals surface area contributed by atoms with Gasteiger partial charge in [0.15, 0.2) is 15.5 Å². The fourth-order valence-corrected chi connectivity index (χ4v) is 4.54. The number of benzene rings is 1. The Morgan fingerprint density at radius 1 is 1.21 bits per heavy atom. The summed E-state index contributed by atoms with van der Waals surface area (Å²) in [6, 6.07) is 8.04. The van der Waals surface area contributed by atoms with E-state index in [1.54, 1.807) is 25.1 Å². The van der Waals surface area contributed by atoms with Gasteiger partial charge in [0, 0.05) is 6.54 Å². The molecule has 0 bridgehead atoms. The van der Waals surface area contributed by atoms with Crippen LogP contribution < -0.4 is 10.2 Å². The SMILES string of the molecule is CC(CO)(CO)Nc1ncc2sc(=O)n(CCS(=O)(=O)c3ccccc3)c2n1. The molecule has 0 unspecified atom stereocenters. The van der Waals surface area contributed by atoms with Gasteiger partial charge < -0.3 is 15.5 Å². The fourth-order valence-electron chi connectivity index (χ4n) is 2.48. The highest BCUT2D eigenvalue weighted by Gasteiger charge is 2.24. The minimum Gasteiger partial charge on any atom is -0.394 e. The van der Waals surface area contributed by atoms with E-state index >= 15 is 0 Å². The summed E-state index contributed by atoms with van der Waals surface area (Å²) >= 11 is 0.924. The third-order valence-corrected chi connectivity index (χ3v) is 6.82. The summed E-state index contributed by atoms with van der Waals surface area (Å²) in [4.78, 5) is 20.6. The van der Waals surface area contributed by atoms with Crippen molar-refractivity contribution >= 4 is 37.5 Å². The second kappa shape index (κ2) is 7.95. The average molecular weight is 425 g/mol. The molecule has 3 rings (SSSR count). The monoisotopic (exact) mass is 424 g/mol. The zero-order valence-corrected chi connectivity index (χ0v) is 16.7. The molecule has 1 aromatic carbocycles. The zero-order chi connectivity index (χ0) is 20.4. The van der Waals surface area contributed by atoms with Crippen LogP contribution in [0.15, 0.2) is 46.2 Å². The van der Waals surface area contributed by atoms with Crippen molar-refractivity contribution in [1.29, 1.82) is 0 Å². The molecule has 0 atom stereocenters. The van der Waals surface area contributed by atoms with Crippen LogP contribution in [0.1, 0.15) is 6.92 Å². The lowest BCUT2D eigenvalue weighted by Crippen LogP contribution is -2.43. The highest BCUT2D eigenvalue weighted by atomic mass is 32.2. The van der Waals surface area contributed by atoms with Crippen molar-refractivity contribution in [2.24, 2.45) is 0 Å². The number of aromatic nitrogens is 3. The summed E-state index contributed by atoms with van der Waals surface area (Å²) in [6.07, 6.45) is 1.45. The first kappa shape index (κ1) is 20.4. The van der Waals surface area contributed by atoms with Crippen molar-refractivity contribution in [2.45, 2.75) is 23.9 Å². The van der Waals surface area contributed by atoms with Gasteiger partial charge in [-0.15, -0.1) is 0 Å². The third kappa shape index (κ3) is 4.22. The summed E-state index contributed by atoms with van der Waals surface area (Å²) < 4.78 is 26.8. The van der Waals surface area contributed by atoms with Gasteiger partial charge in [0.1, 0.15) is 0 Å². The molecule has 0 amide bonds. The highest BCUT2D eigenvalue weighted by Crippen LogP contribution is 2.19. The second-order valence-electron chi connectivity index (χ2n) is 6.53. The number of rotatable bonds is 8. The summed E-state index contributed by atoms with van der Waals surface area (Å²) in [6.45, 7) is 0.838. The van der Waals surface area contributed by atoms with Gasteiger partial charge in [-0.25, -0.2) is 13.4 Å². The van der Waals surface area contributed by atoms with E-state index in [2.05, 4.69) is 15.3 Å². The van der Waals surface area contributed by atoms with Crippen molar-refractivity contribution in [3.63, 3.8) is 0 Å². The summed E-state index contributed by atoms with van der Waals surface area (Å²) in [5.74, 6) is -0.129. The first-order valence-electron chi connectivity index (χ1n) is 8.42. The average Bonchev–Trinajstić information content (AvgIpc) is 3.01. The maximum Gasteiger partial charge on any atom is 0.309 e. The number of thiazole rings is 1. The van der Waals surface area contributed by atoms with Gasteiger partial charge in [0.2, 0.25) is 5.95 Å². The molecule has 0 spiro atoms. The number of aliphatic hydroxyl groups excluding tert-OH is 2. The van der Waals surface area contributed by atoms with Crippen molar-refractivity contribution < 1.29 is 18.6 Å². The lowest BCUT2D eigenvalue weighted by molar-refractivity contribution is 0.147. The molecular formula is C17H20N4O5S2. The summed E-state index contributed by atoms with van der Waals surface area (Å²) in [5.41, 5.74) is -0.736. The van der Waals surface area contributed by atoms with Crippen LogP contribution in [0.4, 0.5) is 5.95 Å². The Bertz CT molecular complexity index is 1120. The number of fused-ring (bicyclic) bond motifs is 1. The molecule has 0 fully saturated rings. The number of aryl methyl sites for hydroxylation is 1. The molecule has 150 valence electrons. The van der Waals surface area contributed by atoms with Crippen LogP contribution in [-0.2, 0) is 16.4 Å². The van der Waals surface area contributed by atoms with Crippen LogP contribution in [0.25, 0.3) is 10.3 Å². The van der Waals surface area contributed by atoms with Crippen molar-refractivity contribution in [1.82, 2.24) is 14.5 Å². The number of aliphatic hydroxyl groups is 2. The van der Waals surface area contributed by atoms with E-state index in [0.29, 0.717) is 10.3 Å². The largest absolute Gasteiger partial charge is 0.394 e. The van der Waals surface area contributed by atoms with Gasteiger partial charge in [0.25, 0.3) is 0 Å². The van der Waals surface area contributed by atoms with E-state index in [-0.39, 0.29) is 41.2 Å². The maximum atomic E-state index is 12.5. The highest BCUT2D eigenvalue weighted by molar-refractivity contribution is 7.91. The zero-order valence-electron chi connectivity index (χ0n) is 15.1. The molecule has 0 aliphatic heterocycles. The van der Waals surface area contributed by atoms with E-state index in [9.17, 15) is 23.4 Å². The Labute approximate surface area is 165 Å². The first-order chi connectivity index (χ1) is 13.3. The van der Waals surface area contributed by atoms with Gasteiger partial charge >= 0.3 is 4.87 Å². The van der Waals surface area contributed by atoms with Gasteiger partial charge in [-0.2, -0.15) is 4.98 Å². The second-order valence-corrected chi connectivity index (χ2v) is 9.64.